The van der Waals surface area contributed by atoms with E-state index in [4.69, 9.17) is 10.00 Å². The quantitative estimate of drug-likeness (QED) is 0.440. The molecule has 10 nitrogen and oxygen atoms in total. The molecule has 1 fully saturated rings. The Bertz CT molecular complexity index is 1470. The summed E-state index contributed by atoms with van der Waals surface area (Å²) >= 11 is 0. The number of aromatic nitrogens is 5. The van der Waals surface area contributed by atoms with Gasteiger partial charge in [0.25, 0.3) is 5.88 Å². The fourth-order valence-electron chi connectivity index (χ4n) is 4.23. The maximum absolute atomic E-state index is 15.8. The van der Waals surface area contributed by atoms with Crippen LogP contribution in [-0.2, 0) is 11.4 Å². The SMILES string of the molecule is N#CCC(=O)N1CCC[C@@H](Oc2nc(-c3cnn4ccccc34)nc(-c3ccnc(CO)c3)c2F)C1. The molecule has 1 N–H and O–H groups in total. The average molecular weight is 487 g/mol. The molecule has 1 aliphatic heterocycles. The van der Waals surface area contributed by atoms with Gasteiger partial charge in [0.1, 0.15) is 18.2 Å². The number of ether oxygens (including phenoxy) is 1. The van der Waals surface area contributed by atoms with Crippen molar-refractivity contribution in [2.75, 3.05) is 13.1 Å². The minimum absolute atomic E-state index is 0.00407. The number of carbonyl (C=O) groups excluding carboxylic acids is 1. The van der Waals surface area contributed by atoms with Crippen LogP contribution in [0.4, 0.5) is 4.39 Å². The highest BCUT2D eigenvalue weighted by Crippen LogP contribution is 2.32. The zero-order chi connectivity index (χ0) is 25.1. The number of hydrogen-bond donors (Lipinski definition) is 1. The van der Waals surface area contributed by atoms with Crippen molar-refractivity contribution in [2.45, 2.75) is 32.0 Å². The minimum atomic E-state index is -0.759. The second kappa shape index (κ2) is 10.1. The molecule has 0 aliphatic carbocycles. The van der Waals surface area contributed by atoms with E-state index in [1.54, 1.807) is 33.9 Å². The number of piperidine rings is 1. The molecule has 1 saturated heterocycles. The molecular weight excluding hydrogens is 465 g/mol. The third kappa shape index (κ3) is 4.58. The van der Waals surface area contributed by atoms with Crippen LogP contribution in [0.3, 0.4) is 0 Å². The summed E-state index contributed by atoms with van der Waals surface area (Å²) in [5.74, 6) is -1.06. The van der Waals surface area contributed by atoms with Crippen molar-refractivity contribution in [3.63, 3.8) is 0 Å². The Labute approximate surface area is 205 Å². The van der Waals surface area contributed by atoms with Gasteiger partial charge >= 0.3 is 0 Å². The monoisotopic (exact) mass is 487 g/mol. The van der Waals surface area contributed by atoms with Crippen molar-refractivity contribution in [1.82, 2.24) is 29.5 Å². The molecule has 0 spiro atoms. The normalized spacial score (nSPS) is 15.6. The Morgan fingerprint density at radius 2 is 2.19 bits per heavy atom. The van der Waals surface area contributed by atoms with Gasteiger partial charge in [0, 0.05) is 24.5 Å². The first kappa shape index (κ1) is 23.3. The first-order valence-electron chi connectivity index (χ1n) is 11.4. The number of fused-ring (bicyclic) bond motifs is 1. The summed E-state index contributed by atoms with van der Waals surface area (Å²) in [6, 6.07) is 10.6. The summed E-state index contributed by atoms with van der Waals surface area (Å²) in [7, 11) is 0. The second-order valence-electron chi connectivity index (χ2n) is 8.35. The first-order chi connectivity index (χ1) is 17.6. The molecule has 1 atom stereocenters. The maximum Gasteiger partial charge on any atom is 0.255 e. The Kier molecular flexibility index (Phi) is 6.51. The van der Waals surface area contributed by atoms with Gasteiger partial charge in [-0.2, -0.15) is 19.7 Å². The molecule has 4 aromatic rings. The fourth-order valence-corrected chi connectivity index (χ4v) is 4.23. The summed E-state index contributed by atoms with van der Waals surface area (Å²) < 4.78 is 23.5. The molecule has 4 aromatic heterocycles. The largest absolute Gasteiger partial charge is 0.470 e. The maximum atomic E-state index is 15.8. The van der Waals surface area contributed by atoms with E-state index in [-0.39, 0.29) is 42.9 Å². The van der Waals surface area contributed by atoms with Crippen molar-refractivity contribution in [3.05, 3.63) is 60.4 Å². The lowest BCUT2D eigenvalue weighted by molar-refractivity contribution is -0.132. The van der Waals surface area contributed by atoms with Gasteiger partial charge in [-0.3, -0.25) is 9.78 Å². The van der Waals surface area contributed by atoms with Crippen molar-refractivity contribution in [3.8, 4) is 34.6 Å². The van der Waals surface area contributed by atoms with E-state index in [0.29, 0.717) is 36.2 Å². The molecule has 1 amide bonds. The predicted octanol–water partition coefficient (Wildman–Crippen LogP) is 2.77. The molecule has 0 radical (unpaired) electrons. The number of nitriles is 1. The van der Waals surface area contributed by atoms with Crippen LogP contribution in [0.5, 0.6) is 5.88 Å². The molecule has 5 heterocycles. The van der Waals surface area contributed by atoms with Crippen molar-refractivity contribution in [1.29, 1.82) is 5.26 Å². The third-order valence-corrected chi connectivity index (χ3v) is 5.98. The van der Waals surface area contributed by atoms with Gasteiger partial charge in [-0.1, -0.05) is 6.07 Å². The smallest absolute Gasteiger partial charge is 0.255 e. The highest BCUT2D eigenvalue weighted by Gasteiger charge is 2.28. The van der Waals surface area contributed by atoms with Crippen molar-refractivity contribution in [2.24, 2.45) is 0 Å². The first-order valence-corrected chi connectivity index (χ1v) is 11.4. The summed E-state index contributed by atoms with van der Waals surface area (Å²) in [5.41, 5.74) is 2.09. The molecule has 5 rings (SSSR count). The standard InChI is InChI=1S/C25H22FN7O3/c26-22-23(16-7-9-28-17(12-16)15-34)30-24(19-13-29-33-11-2-1-5-20(19)33)31-25(22)36-18-4-3-10-32(14-18)21(35)6-8-27/h1-2,5,7,9,11-13,18,34H,3-4,6,10,14-15H2/t18-/m1/s1. The lowest BCUT2D eigenvalue weighted by Gasteiger charge is -2.32. The predicted molar refractivity (Wildman–Crippen MR) is 126 cm³/mol. The van der Waals surface area contributed by atoms with Crippen LogP contribution in [0.1, 0.15) is 25.0 Å². The van der Waals surface area contributed by atoms with Crippen molar-refractivity contribution >= 4 is 11.4 Å². The minimum Gasteiger partial charge on any atom is -0.470 e. The van der Waals surface area contributed by atoms with E-state index in [9.17, 15) is 9.90 Å². The van der Waals surface area contributed by atoms with E-state index in [1.165, 1.54) is 6.20 Å². The number of pyridine rings is 2. The van der Waals surface area contributed by atoms with Gasteiger partial charge in [0.05, 0.1) is 42.2 Å². The van der Waals surface area contributed by atoms with Crippen LogP contribution >= 0.6 is 0 Å². The number of aliphatic hydroxyl groups is 1. The van der Waals surface area contributed by atoms with Crippen LogP contribution in [0, 0.1) is 17.1 Å². The van der Waals surface area contributed by atoms with E-state index in [2.05, 4.69) is 20.1 Å². The fraction of sp³-hybridized carbons (Fsp3) is 0.280. The van der Waals surface area contributed by atoms with Gasteiger partial charge in [-0.15, -0.1) is 0 Å². The van der Waals surface area contributed by atoms with Crippen LogP contribution in [0.2, 0.25) is 0 Å². The zero-order valence-corrected chi connectivity index (χ0v) is 19.2. The number of likely N-dealkylation sites (tertiary alicyclic amines) is 1. The van der Waals surface area contributed by atoms with E-state index in [0.717, 1.165) is 5.52 Å². The molecule has 0 bridgehead atoms. The Balaban J connectivity index is 1.57. The molecule has 0 saturated carbocycles. The van der Waals surface area contributed by atoms with Gasteiger partial charge in [0.2, 0.25) is 11.7 Å². The van der Waals surface area contributed by atoms with E-state index in [1.807, 2.05) is 24.3 Å². The second-order valence-corrected chi connectivity index (χ2v) is 8.35. The Hall–Kier alpha value is -4.43. The van der Waals surface area contributed by atoms with Gasteiger partial charge in [0.15, 0.2) is 5.82 Å². The molecule has 182 valence electrons. The third-order valence-electron chi connectivity index (χ3n) is 5.98. The summed E-state index contributed by atoms with van der Waals surface area (Å²) in [4.78, 5) is 26.7. The van der Waals surface area contributed by atoms with Crippen LogP contribution in [-0.4, -0.2) is 59.7 Å². The number of amides is 1. The van der Waals surface area contributed by atoms with Crippen LogP contribution in [0.15, 0.2) is 48.9 Å². The molecular formula is C25H22FN7O3. The number of aliphatic hydroxyl groups excluding tert-OH is 1. The summed E-state index contributed by atoms with van der Waals surface area (Å²) in [5, 5.41) is 22.7. The highest BCUT2D eigenvalue weighted by molar-refractivity contribution is 5.78. The molecule has 11 heteroatoms. The lowest BCUT2D eigenvalue weighted by Crippen LogP contribution is -2.44. The number of rotatable bonds is 6. The molecule has 0 unspecified atom stereocenters. The highest BCUT2D eigenvalue weighted by atomic mass is 19.1. The summed E-state index contributed by atoms with van der Waals surface area (Å²) in [6.07, 6.45) is 5.40. The molecule has 1 aliphatic rings. The number of nitrogens with zero attached hydrogens (tertiary/aromatic N) is 7. The number of halogens is 1. The average Bonchev–Trinajstić information content (AvgIpc) is 3.34. The van der Waals surface area contributed by atoms with E-state index >= 15 is 4.39 Å². The van der Waals surface area contributed by atoms with Gasteiger partial charge < -0.3 is 14.7 Å². The van der Waals surface area contributed by atoms with Gasteiger partial charge in [-0.05, 0) is 37.1 Å². The lowest BCUT2D eigenvalue weighted by atomic mass is 10.1. The topological polar surface area (TPSA) is 130 Å². The van der Waals surface area contributed by atoms with Crippen LogP contribution in [0.25, 0.3) is 28.2 Å². The summed E-state index contributed by atoms with van der Waals surface area (Å²) in [6.45, 7) is 0.446. The number of carbonyl (C=O) groups is 1. The Morgan fingerprint density at radius 1 is 1.31 bits per heavy atom. The van der Waals surface area contributed by atoms with E-state index < -0.39 is 11.9 Å². The van der Waals surface area contributed by atoms with Gasteiger partial charge in [-0.25, -0.2) is 9.50 Å². The zero-order valence-electron chi connectivity index (χ0n) is 19.2. The van der Waals surface area contributed by atoms with Crippen molar-refractivity contribution < 1.29 is 19.0 Å². The van der Waals surface area contributed by atoms with Crippen LogP contribution < -0.4 is 4.74 Å². The molecule has 0 aromatic carbocycles. The molecule has 36 heavy (non-hydrogen) atoms. The Morgan fingerprint density at radius 3 is 3.03 bits per heavy atom. The number of hydrogen-bond acceptors (Lipinski definition) is 8.